The maximum Gasteiger partial charge on any atom is 0.187 e. The fourth-order valence-electron chi connectivity index (χ4n) is 6.69. The van der Waals surface area contributed by atoms with Crippen molar-refractivity contribution in [1.29, 1.82) is 0 Å². The highest BCUT2D eigenvalue weighted by molar-refractivity contribution is 6.00. The van der Waals surface area contributed by atoms with E-state index in [2.05, 4.69) is 173 Å². The average molecular weight is 715 g/mol. The van der Waals surface area contributed by atoms with Crippen LogP contribution in [0.3, 0.4) is 0 Å². The second-order valence-electron chi connectivity index (χ2n) is 16.1. The maximum absolute atomic E-state index is 12.3. The maximum atomic E-state index is 12.3. The van der Waals surface area contributed by atoms with Gasteiger partial charge in [0.2, 0.25) is 0 Å². The first kappa shape index (κ1) is 44.8. The summed E-state index contributed by atoms with van der Waals surface area (Å²) < 4.78 is 0. The Bertz CT molecular complexity index is 1780. The highest BCUT2D eigenvalue weighted by atomic mass is 16.3. The highest BCUT2D eigenvalue weighted by Gasteiger charge is 2.36. The van der Waals surface area contributed by atoms with Crippen LogP contribution < -0.4 is 0 Å². The van der Waals surface area contributed by atoms with E-state index in [-0.39, 0.29) is 22.7 Å². The third-order valence-electron chi connectivity index (χ3n) is 9.71. The molecule has 0 aromatic carbocycles. The van der Waals surface area contributed by atoms with E-state index in [0.717, 1.165) is 35.1 Å². The Morgan fingerprint density at radius 2 is 0.868 bits per heavy atom. The molecule has 3 heteroatoms. The number of hydrogen-bond acceptors (Lipinski definition) is 3. The predicted octanol–water partition coefficient (Wildman–Crippen LogP) is 12.7. The van der Waals surface area contributed by atoms with Crippen molar-refractivity contribution in [1.82, 2.24) is 0 Å². The molecule has 2 atom stereocenters. The van der Waals surface area contributed by atoms with Gasteiger partial charge in [0.1, 0.15) is 6.10 Å². The number of rotatable bonds is 14. The molecule has 53 heavy (non-hydrogen) atoms. The Balaban J connectivity index is 1.86. The van der Waals surface area contributed by atoms with E-state index in [1.807, 2.05) is 32.1 Å². The summed E-state index contributed by atoms with van der Waals surface area (Å²) in [6, 6.07) is 0. The first-order valence-corrected chi connectivity index (χ1v) is 18.9. The molecule has 0 heterocycles. The van der Waals surface area contributed by atoms with Crippen LogP contribution in [0.25, 0.3) is 0 Å². The summed E-state index contributed by atoms with van der Waals surface area (Å²) in [6.45, 7) is 25.0. The lowest BCUT2D eigenvalue weighted by Crippen LogP contribution is -2.35. The van der Waals surface area contributed by atoms with Crippen molar-refractivity contribution >= 4 is 5.78 Å². The van der Waals surface area contributed by atoms with Gasteiger partial charge < -0.3 is 10.2 Å². The minimum absolute atomic E-state index is 0.00559. The van der Waals surface area contributed by atoms with Gasteiger partial charge in [0, 0.05) is 0 Å². The van der Waals surface area contributed by atoms with Crippen LogP contribution in [-0.2, 0) is 4.79 Å². The fourth-order valence-corrected chi connectivity index (χ4v) is 6.69. The largest absolute Gasteiger partial charge is 0.393 e. The van der Waals surface area contributed by atoms with E-state index in [1.54, 1.807) is 0 Å². The number of aliphatic hydroxyl groups is 2. The molecule has 0 aromatic heterocycles. The zero-order chi connectivity index (χ0) is 39.8. The number of allylic oxidation sites excluding steroid dienone is 28. The molecule has 284 valence electrons. The van der Waals surface area contributed by atoms with Gasteiger partial charge in [-0.2, -0.15) is 0 Å². The number of hydrogen-bond donors (Lipinski definition) is 2. The highest BCUT2D eigenvalue weighted by Crippen LogP contribution is 2.41. The monoisotopic (exact) mass is 715 g/mol. The molecule has 0 bridgehead atoms. The number of aliphatic hydroxyl groups excluding tert-OH is 2. The summed E-state index contributed by atoms with van der Waals surface area (Å²) in [5, 5.41) is 20.2. The van der Waals surface area contributed by atoms with E-state index >= 15 is 0 Å². The second kappa shape index (κ2) is 21.4. The molecule has 0 spiro atoms. The molecule has 2 rings (SSSR count). The first-order valence-electron chi connectivity index (χ1n) is 18.9. The molecule has 3 nitrogen and oxygen atoms in total. The lowest BCUT2D eigenvalue weighted by Gasteiger charge is -2.35. The van der Waals surface area contributed by atoms with Crippen molar-refractivity contribution in [3.63, 3.8) is 0 Å². The second-order valence-corrected chi connectivity index (χ2v) is 16.1. The number of carbonyl (C=O) groups is 1. The zero-order valence-electron chi connectivity index (χ0n) is 34.6. The lowest BCUT2D eigenvalue weighted by atomic mass is 9.71. The van der Waals surface area contributed by atoms with E-state index in [9.17, 15) is 15.0 Å². The molecule has 0 saturated heterocycles. The molecule has 0 aliphatic heterocycles. The smallest absolute Gasteiger partial charge is 0.187 e. The van der Waals surface area contributed by atoms with E-state index in [0.29, 0.717) is 12.0 Å². The molecule has 2 aliphatic carbocycles. The van der Waals surface area contributed by atoms with Gasteiger partial charge in [0.05, 0.1) is 6.10 Å². The first-order chi connectivity index (χ1) is 24.8. The van der Waals surface area contributed by atoms with Crippen molar-refractivity contribution in [3.8, 4) is 0 Å². The quantitative estimate of drug-likeness (QED) is 0.176. The van der Waals surface area contributed by atoms with Crippen molar-refractivity contribution in [2.75, 3.05) is 0 Å². The minimum atomic E-state index is -0.902. The molecular weight excluding hydrogens is 649 g/mol. The van der Waals surface area contributed by atoms with Crippen LogP contribution in [-0.4, -0.2) is 28.2 Å². The standard InChI is InChI=1S/C50H66O3/c1-36(21-15-23-38(3)25-17-27-40(5)29-31-45-42(7)33-44(51)34-49(45,9)10)19-13-14-20-37(2)22-16-24-39(4)26-18-28-41(6)30-32-46-43(8)48(53)47(52)35-50(46,11)12/h13-32,44,47,51-52H,33-35H2,1-12H3/b14-13+,21-15+,22-16+,25-17+,26-18+,31-29+,32-30+,36-19+,37-20+,38-23+,39-24+,40-27+,41-28+/t44-,47+/m1/s1. The normalized spacial score (nSPS) is 23.4. The van der Waals surface area contributed by atoms with Crippen LogP contribution >= 0.6 is 0 Å². The molecule has 0 fully saturated rings. The summed E-state index contributed by atoms with van der Waals surface area (Å²) in [5.74, 6) is -0.167. The minimum Gasteiger partial charge on any atom is -0.393 e. The summed E-state index contributed by atoms with van der Waals surface area (Å²) in [6.07, 6.45) is 42.7. The van der Waals surface area contributed by atoms with Crippen molar-refractivity contribution in [2.45, 2.75) is 115 Å². The van der Waals surface area contributed by atoms with Crippen LogP contribution in [0.2, 0.25) is 0 Å². The summed E-state index contributed by atoms with van der Waals surface area (Å²) in [5.41, 5.74) is 11.0. The Morgan fingerprint density at radius 3 is 1.26 bits per heavy atom. The Labute approximate surface area is 322 Å². The number of carbonyl (C=O) groups excluding carboxylic acids is 1. The van der Waals surface area contributed by atoms with Gasteiger partial charge in [0.15, 0.2) is 5.78 Å². The van der Waals surface area contributed by atoms with Crippen LogP contribution in [0.4, 0.5) is 0 Å². The summed E-state index contributed by atoms with van der Waals surface area (Å²) in [7, 11) is 0. The topological polar surface area (TPSA) is 57.5 Å². The van der Waals surface area contributed by atoms with Gasteiger partial charge in [-0.1, -0.05) is 188 Å². The lowest BCUT2D eigenvalue weighted by molar-refractivity contribution is -0.125. The van der Waals surface area contributed by atoms with Crippen LogP contribution in [0.1, 0.15) is 102 Å². The fraction of sp³-hybridized carbons (Fsp3) is 0.380. The van der Waals surface area contributed by atoms with Gasteiger partial charge >= 0.3 is 0 Å². The van der Waals surface area contributed by atoms with Crippen LogP contribution in [0.5, 0.6) is 0 Å². The third kappa shape index (κ3) is 16.1. The number of ketones is 1. The Kier molecular flexibility index (Phi) is 18.1. The molecule has 0 amide bonds. The Hall–Kier alpha value is -4.31. The SMILES string of the molecule is CC1=C(/C=C/C(C)=C/C=C/C(C)=C/C=C/C(C)=C/C=C/C=C(C)/C=C/C=C(C)/C=C/C=C(C)/C=C/C2=C(C)C(=O)[C@@H](O)CC2(C)C)C(C)(C)C[C@H](O)C1. The molecule has 0 aromatic rings. The summed E-state index contributed by atoms with van der Waals surface area (Å²) >= 11 is 0. The van der Waals surface area contributed by atoms with E-state index in [1.165, 1.54) is 27.9 Å². The third-order valence-corrected chi connectivity index (χ3v) is 9.71. The van der Waals surface area contributed by atoms with Crippen LogP contribution in [0.15, 0.2) is 177 Å². The van der Waals surface area contributed by atoms with Gasteiger partial charge in [-0.05, 0) is 102 Å². The van der Waals surface area contributed by atoms with Crippen molar-refractivity contribution in [3.05, 3.63) is 177 Å². The molecule has 0 unspecified atom stereocenters. The molecular formula is C50H66O3. The van der Waals surface area contributed by atoms with Gasteiger partial charge in [-0.25, -0.2) is 0 Å². The summed E-state index contributed by atoms with van der Waals surface area (Å²) in [4.78, 5) is 12.3. The van der Waals surface area contributed by atoms with Crippen LogP contribution in [0, 0.1) is 10.8 Å². The predicted molar refractivity (Wildman–Crippen MR) is 230 cm³/mol. The van der Waals surface area contributed by atoms with E-state index in [4.69, 9.17) is 0 Å². The average Bonchev–Trinajstić information content (AvgIpc) is 3.04. The van der Waals surface area contributed by atoms with E-state index < -0.39 is 6.10 Å². The molecule has 2 N–H and O–H groups in total. The van der Waals surface area contributed by atoms with Gasteiger partial charge in [-0.15, -0.1) is 0 Å². The molecule has 0 radical (unpaired) electrons. The van der Waals surface area contributed by atoms with Gasteiger partial charge in [0.25, 0.3) is 0 Å². The molecule has 0 saturated carbocycles. The zero-order valence-corrected chi connectivity index (χ0v) is 34.6. The van der Waals surface area contributed by atoms with Crippen molar-refractivity contribution < 1.29 is 15.0 Å². The van der Waals surface area contributed by atoms with Crippen molar-refractivity contribution in [2.24, 2.45) is 10.8 Å². The molecule has 2 aliphatic rings. The van der Waals surface area contributed by atoms with Gasteiger partial charge in [-0.3, -0.25) is 4.79 Å². The Morgan fingerprint density at radius 1 is 0.528 bits per heavy atom. The number of Topliss-reactive ketones (excluding diaryl/α,β-unsaturated/α-hetero) is 1.